The van der Waals surface area contributed by atoms with E-state index < -0.39 is 0 Å². The number of rotatable bonds is 8. The fourth-order valence-electron chi connectivity index (χ4n) is 5.71. The number of likely N-dealkylation sites (tertiary alicyclic amines) is 2. The number of nitrogens with zero attached hydrogens (tertiary/aromatic N) is 5. The molecule has 1 aromatic rings. The summed E-state index contributed by atoms with van der Waals surface area (Å²) in [6, 6.07) is 0.581. The third-order valence-electron chi connectivity index (χ3n) is 7.54. The van der Waals surface area contributed by atoms with E-state index in [1.807, 2.05) is 4.90 Å². The summed E-state index contributed by atoms with van der Waals surface area (Å²) in [6.45, 7) is 9.53. The smallest absolute Gasteiger partial charge is 0.245 e. The first-order valence-corrected chi connectivity index (χ1v) is 13.3. The molecular weight excluding hydrogens is 452 g/mol. The van der Waals surface area contributed by atoms with Gasteiger partial charge in [-0.25, -0.2) is 4.98 Å². The van der Waals surface area contributed by atoms with Crippen LogP contribution in [0.4, 0.5) is 11.8 Å². The average molecular weight is 491 g/mol. The number of aromatic nitrogens is 2. The van der Waals surface area contributed by atoms with Crippen LogP contribution in [0, 0.1) is 5.92 Å². The van der Waals surface area contributed by atoms with Crippen LogP contribution in [0.3, 0.4) is 0 Å². The number of halogens is 1. The first kappa shape index (κ1) is 25.2. The van der Waals surface area contributed by atoms with Gasteiger partial charge in [0.15, 0.2) is 5.82 Å². The topological polar surface area (TPSA) is 84.8 Å². The van der Waals surface area contributed by atoms with E-state index in [0.717, 1.165) is 90.0 Å². The Hall–Kier alpha value is -1.90. The van der Waals surface area contributed by atoms with Gasteiger partial charge in [-0.1, -0.05) is 18.2 Å². The lowest BCUT2D eigenvalue weighted by Crippen LogP contribution is -2.46. The van der Waals surface area contributed by atoms with Crippen LogP contribution < -0.4 is 10.2 Å². The maximum Gasteiger partial charge on any atom is 0.245 e. The molecule has 188 valence electrons. The van der Waals surface area contributed by atoms with Gasteiger partial charge < -0.3 is 25.1 Å². The molecule has 3 aliphatic rings. The van der Waals surface area contributed by atoms with Crippen molar-refractivity contribution in [2.75, 3.05) is 56.1 Å². The van der Waals surface area contributed by atoms with E-state index in [4.69, 9.17) is 16.6 Å². The standard InChI is InChI=1S/C25H39ClN6O2/c1-2-23(34)31-13-8-19(9-14-31)17-30-11-5-6-20(18-30)28-25-27-16-22(26)24(29-25)32-12-4-3-7-21(32)10-15-33/h2,16,19-21,33H,1,3-15,17-18H2,(H,27,28,29)/t20-,21+/m1/s1. The van der Waals surface area contributed by atoms with E-state index in [1.54, 1.807) is 6.20 Å². The molecule has 3 aliphatic heterocycles. The van der Waals surface area contributed by atoms with Crippen molar-refractivity contribution in [2.24, 2.45) is 5.92 Å². The summed E-state index contributed by atoms with van der Waals surface area (Å²) in [7, 11) is 0. The van der Waals surface area contributed by atoms with Gasteiger partial charge in [-0.3, -0.25) is 4.79 Å². The molecule has 2 N–H and O–H groups in total. The maximum absolute atomic E-state index is 11.8. The van der Waals surface area contributed by atoms with E-state index in [1.165, 1.54) is 12.5 Å². The normalized spacial score (nSPS) is 24.8. The molecule has 0 spiro atoms. The van der Waals surface area contributed by atoms with Crippen LogP contribution in [0.5, 0.6) is 0 Å². The Kier molecular flexibility index (Phi) is 9.03. The van der Waals surface area contributed by atoms with Crippen LogP contribution in [0.25, 0.3) is 0 Å². The van der Waals surface area contributed by atoms with Crippen LogP contribution in [0.1, 0.15) is 51.4 Å². The molecule has 0 bridgehead atoms. The molecule has 34 heavy (non-hydrogen) atoms. The number of nitrogens with one attached hydrogen (secondary N) is 1. The van der Waals surface area contributed by atoms with Crippen LogP contribution in [-0.2, 0) is 4.79 Å². The van der Waals surface area contributed by atoms with Gasteiger partial charge in [0.2, 0.25) is 11.9 Å². The van der Waals surface area contributed by atoms with Gasteiger partial charge in [-0.05, 0) is 69.9 Å². The fraction of sp³-hybridized carbons (Fsp3) is 0.720. The zero-order valence-corrected chi connectivity index (χ0v) is 20.9. The minimum Gasteiger partial charge on any atom is -0.396 e. The SMILES string of the molecule is C=CC(=O)N1CCC(CN2CCC[C@@H](Nc3ncc(Cl)c(N4CCCC[C@H]4CCO)n3)C2)CC1. The number of aliphatic hydroxyl groups is 1. The number of hydrogen-bond donors (Lipinski definition) is 2. The third kappa shape index (κ3) is 6.40. The van der Waals surface area contributed by atoms with Gasteiger partial charge >= 0.3 is 0 Å². The maximum atomic E-state index is 11.8. The summed E-state index contributed by atoms with van der Waals surface area (Å²) in [5.74, 6) is 2.10. The first-order chi connectivity index (χ1) is 16.6. The molecule has 3 fully saturated rings. The lowest BCUT2D eigenvalue weighted by molar-refractivity contribution is -0.127. The molecule has 3 saturated heterocycles. The minimum absolute atomic E-state index is 0.0512. The van der Waals surface area contributed by atoms with Crippen molar-refractivity contribution in [3.05, 3.63) is 23.9 Å². The Balaban J connectivity index is 1.33. The van der Waals surface area contributed by atoms with Gasteiger partial charge in [0.25, 0.3) is 0 Å². The molecule has 4 heterocycles. The molecule has 1 amide bonds. The van der Waals surface area contributed by atoms with Gasteiger partial charge in [-0.2, -0.15) is 4.98 Å². The average Bonchev–Trinajstić information content (AvgIpc) is 2.86. The predicted molar refractivity (Wildman–Crippen MR) is 136 cm³/mol. The van der Waals surface area contributed by atoms with Crippen LogP contribution >= 0.6 is 11.6 Å². The van der Waals surface area contributed by atoms with Crippen molar-refractivity contribution in [2.45, 2.75) is 63.5 Å². The van der Waals surface area contributed by atoms with Gasteiger partial charge in [0.1, 0.15) is 5.02 Å². The second-order valence-electron chi connectivity index (χ2n) is 9.94. The Morgan fingerprint density at radius 3 is 2.76 bits per heavy atom. The van der Waals surface area contributed by atoms with Crippen molar-refractivity contribution >= 4 is 29.3 Å². The van der Waals surface area contributed by atoms with E-state index in [0.29, 0.717) is 22.9 Å². The highest BCUT2D eigenvalue weighted by Crippen LogP contribution is 2.31. The quantitative estimate of drug-likeness (QED) is 0.541. The van der Waals surface area contributed by atoms with Crippen LogP contribution in [0.2, 0.25) is 5.02 Å². The molecule has 0 radical (unpaired) electrons. The highest BCUT2D eigenvalue weighted by molar-refractivity contribution is 6.32. The van der Waals surface area contributed by atoms with Crippen molar-refractivity contribution in [1.82, 2.24) is 19.8 Å². The highest BCUT2D eigenvalue weighted by Gasteiger charge is 2.28. The minimum atomic E-state index is 0.0512. The predicted octanol–water partition coefficient (Wildman–Crippen LogP) is 3.17. The molecule has 0 aromatic carbocycles. The summed E-state index contributed by atoms with van der Waals surface area (Å²) in [6.07, 6.45) is 11.6. The lowest BCUT2D eigenvalue weighted by atomic mass is 9.94. The zero-order chi connectivity index (χ0) is 23.9. The number of carbonyl (C=O) groups is 1. The molecule has 2 atom stereocenters. The fourth-order valence-corrected chi connectivity index (χ4v) is 5.91. The number of hydrogen-bond acceptors (Lipinski definition) is 7. The molecule has 8 nitrogen and oxygen atoms in total. The number of aliphatic hydroxyl groups excluding tert-OH is 1. The van der Waals surface area contributed by atoms with Crippen molar-refractivity contribution in [3.63, 3.8) is 0 Å². The molecule has 0 unspecified atom stereocenters. The number of amides is 1. The van der Waals surface area contributed by atoms with E-state index in [-0.39, 0.29) is 18.6 Å². The second-order valence-corrected chi connectivity index (χ2v) is 10.3. The number of anilines is 2. The van der Waals surface area contributed by atoms with Crippen LogP contribution in [-0.4, -0.2) is 88.7 Å². The third-order valence-corrected chi connectivity index (χ3v) is 7.81. The molecule has 0 saturated carbocycles. The van der Waals surface area contributed by atoms with E-state index in [9.17, 15) is 9.90 Å². The summed E-state index contributed by atoms with van der Waals surface area (Å²) in [5, 5.41) is 13.6. The highest BCUT2D eigenvalue weighted by atomic mass is 35.5. The lowest BCUT2D eigenvalue weighted by Gasteiger charge is -2.38. The van der Waals surface area contributed by atoms with Gasteiger partial charge in [0.05, 0.1) is 6.20 Å². The Bertz CT molecular complexity index is 830. The van der Waals surface area contributed by atoms with Crippen molar-refractivity contribution < 1.29 is 9.90 Å². The molecule has 4 rings (SSSR count). The van der Waals surface area contributed by atoms with E-state index >= 15 is 0 Å². The zero-order valence-electron chi connectivity index (χ0n) is 20.2. The summed E-state index contributed by atoms with van der Waals surface area (Å²) in [5.41, 5.74) is 0. The van der Waals surface area contributed by atoms with Crippen molar-refractivity contribution in [3.8, 4) is 0 Å². The monoisotopic (exact) mass is 490 g/mol. The van der Waals surface area contributed by atoms with E-state index in [2.05, 4.69) is 26.7 Å². The first-order valence-electron chi connectivity index (χ1n) is 12.9. The van der Waals surface area contributed by atoms with Crippen molar-refractivity contribution in [1.29, 1.82) is 0 Å². The summed E-state index contributed by atoms with van der Waals surface area (Å²) < 4.78 is 0. The van der Waals surface area contributed by atoms with Gasteiger partial charge in [0, 0.05) is 51.4 Å². The molecule has 9 heteroatoms. The molecular formula is C25H39ClN6O2. The Morgan fingerprint density at radius 1 is 1.18 bits per heavy atom. The Morgan fingerprint density at radius 2 is 2.00 bits per heavy atom. The summed E-state index contributed by atoms with van der Waals surface area (Å²) >= 11 is 6.51. The number of carbonyl (C=O) groups excluding carboxylic acids is 1. The van der Waals surface area contributed by atoms with Gasteiger partial charge in [-0.15, -0.1) is 0 Å². The Labute approximate surface area is 208 Å². The molecule has 0 aliphatic carbocycles. The van der Waals surface area contributed by atoms with Crippen LogP contribution in [0.15, 0.2) is 18.9 Å². The number of piperidine rings is 3. The summed E-state index contributed by atoms with van der Waals surface area (Å²) in [4.78, 5) is 27.8. The molecule has 1 aromatic heterocycles. The second kappa shape index (κ2) is 12.2. The largest absolute Gasteiger partial charge is 0.396 e.